The van der Waals surface area contributed by atoms with Crippen molar-refractivity contribution in [3.63, 3.8) is 0 Å². The molecule has 1 saturated carbocycles. The van der Waals surface area contributed by atoms with Crippen molar-refractivity contribution < 1.29 is 0 Å². The van der Waals surface area contributed by atoms with Crippen LogP contribution in [0.4, 0.5) is 0 Å². The molecule has 0 radical (unpaired) electrons. The molecule has 1 aliphatic carbocycles. The summed E-state index contributed by atoms with van der Waals surface area (Å²) >= 11 is 0. The minimum atomic E-state index is 0.438. The minimum Gasteiger partial charge on any atom is -0.314 e. The Labute approximate surface area is 111 Å². The van der Waals surface area contributed by atoms with Crippen molar-refractivity contribution in [1.29, 1.82) is 0 Å². The van der Waals surface area contributed by atoms with E-state index in [1.54, 1.807) is 0 Å². The van der Waals surface area contributed by atoms with Gasteiger partial charge in [-0.3, -0.25) is 4.98 Å². The van der Waals surface area contributed by atoms with Crippen molar-refractivity contribution in [3.05, 3.63) is 29.6 Å². The Kier molecular flexibility index (Phi) is 4.39. The molecule has 1 heterocycles. The highest BCUT2D eigenvalue weighted by molar-refractivity contribution is 5.15. The van der Waals surface area contributed by atoms with Crippen molar-refractivity contribution in [2.45, 2.75) is 58.9 Å². The number of nitrogens with zero attached hydrogens (tertiary/aromatic N) is 1. The van der Waals surface area contributed by atoms with E-state index >= 15 is 0 Å². The number of aryl methyl sites for hydroxylation is 1. The second-order valence-corrected chi connectivity index (χ2v) is 6.00. The van der Waals surface area contributed by atoms with Crippen LogP contribution in [-0.2, 0) is 12.8 Å². The third-order valence-corrected chi connectivity index (χ3v) is 4.23. The predicted octanol–water partition coefficient (Wildman–Crippen LogP) is 3.35. The van der Waals surface area contributed by atoms with Crippen molar-refractivity contribution in [3.8, 4) is 0 Å². The van der Waals surface area contributed by atoms with Crippen LogP contribution >= 0.6 is 0 Å². The van der Waals surface area contributed by atoms with Crippen LogP contribution in [0.2, 0.25) is 0 Å². The lowest BCUT2D eigenvalue weighted by molar-refractivity contribution is 0.319. The zero-order chi connectivity index (χ0) is 13.0. The first-order chi connectivity index (χ1) is 8.65. The summed E-state index contributed by atoms with van der Waals surface area (Å²) in [6.45, 7) is 7.88. The summed E-state index contributed by atoms with van der Waals surface area (Å²) < 4.78 is 0. The van der Waals surface area contributed by atoms with E-state index < -0.39 is 0 Å². The molecule has 1 N–H and O–H groups in total. The molecule has 2 unspecified atom stereocenters. The zero-order valence-corrected chi connectivity index (χ0v) is 12.0. The molecule has 2 rings (SSSR count). The summed E-state index contributed by atoms with van der Waals surface area (Å²) in [7, 11) is 0. The molecule has 2 heteroatoms. The molecule has 0 aliphatic heterocycles. The molecule has 100 valence electrons. The van der Waals surface area contributed by atoms with E-state index in [4.69, 9.17) is 0 Å². The average molecular weight is 246 g/mol. The van der Waals surface area contributed by atoms with Gasteiger partial charge in [-0.15, -0.1) is 0 Å². The fraction of sp³-hybridized carbons (Fsp3) is 0.688. The smallest absolute Gasteiger partial charge is 0.0409 e. The second kappa shape index (κ2) is 5.83. The molecule has 2 atom stereocenters. The van der Waals surface area contributed by atoms with E-state index in [0.29, 0.717) is 5.41 Å². The fourth-order valence-electron chi connectivity index (χ4n) is 3.15. The van der Waals surface area contributed by atoms with Crippen LogP contribution in [0.15, 0.2) is 18.3 Å². The van der Waals surface area contributed by atoms with Crippen molar-refractivity contribution in [1.82, 2.24) is 10.3 Å². The maximum absolute atomic E-state index is 4.61. The normalized spacial score (nSPS) is 27.6. The monoisotopic (exact) mass is 246 g/mol. The number of nitrogens with one attached hydrogen (secondary N) is 1. The second-order valence-electron chi connectivity index (χ2n) is 6.00. The molecule has 0 saturated heterocycles. The summed E-state index contributed by atoms with van der Waals surface area (Å²) in [5.74, 6) is 0. The summed E-state index contributed by atoms with van der Waals surface area (Å²) in [6.07, 6.45) is 8.17. The molecule has 0 bridgehead atoms. The van der Waals surface area contributed by atoms with Crippen LogP contribution in [-0.4, -0.2) is 17.6 Å². The third-order valence-electron chi connectivity index (χ3n) is 4.23. The summed E-state index contributed by atoms with van der Waals surface area (Å²) in [5, 5.41) is 3.58. The van der Waals surface area contributed by atoms with Gasteiger partial charge in [-0.2, -0.15) is 0 Å². The Morgan fingerprint density at radius 3 is 2.83 bits per heavy atom. The molecule has 1 aromatic rings. The highest BCUT2D eigenvalue weighted by atomic mass is 14.9. The topological polar surface area (TPSA) is 24.9 Å². The van der Waals surface area contributed by atoms with Gasteiger partial charge in [0.15, 0.2) is 0 Å². The Morgan fingerprint density at radius 2 is 2.22 bits per heavy atom. The van der Waals surface area contributed by atoms with Gasteiger partial charge in [0.2, 0.25) is 0 Å². The van der Waals surface area contributed by atoms with Gasteiger partial charge in [0.05, 0.1) is 0 Å². The van der Waals surface area contributed by atoms with Crippen molar-refractivity contribution >= 4 is 0 Å². The van der Waals surface area contributed by atoms with Gasteiger partial charge < -0.3 is 5.32 Å². The third kappa shape index (κ3) is 3.32. The van der Waals surface area contributed by atoms with Gasteiger partial charge in [0.25, 0.3) is 0 Å². The first-order valence-electron chi connectivity index (χ1n) is 7.32. The molecular formula is C16H26N2. The first-order valence-corrected chi connectivity index (χ1v) is 7.32. The Hall–Kier alpha value is -0.890. The minimum absolute atomic E-state index is 0.438. The number of rotatable bonds is 5. The standard InChI is InChI=1S/C16H26N2/c1-4-13-6-7-14(18-12-13)10-16(3)9-8-15(11-16)17-5-2/h6-7,12,15,17H,4-5,8-11H2,1-3H3. The van der Waals surface area contributed by atoms with Gasteiger partial charge in [0, 0.05) is 17.9 Å². The predicted molar refractivity (Wildman–Crippen MR) is 76.7 cm³/mol. The lowest BCUT2D eigenvalue weighted by atomic mass is 9.83. The van der Waals surface area contributed by atoms with E-state index in [0.717, 1.165) is 25.4 Å². The maximum Gasteiger partial charge on any atom is 0.0409 e. The van der Waals surface area contributed by atoms with Crippen LogP contribution in [0.3, 0.4) is 0 Å². The van der Waals surface area contributed by atoms with Gasteiger partial charge in [-0.1, -0.05) is 26.8 Å². The quantitative estimate of drug-likeness (QED) is 0.861. The fourth-order valence-corrected chi connectivity index (χ4v) is 3.15. The van der Waals surface area contributed by atoms with Crippen LogP contribution in [0.25, 0.3) is 0 Å². The molecular weight excluding hydrogens is 220 g/mol. The van der Waals surface area contributed by atoms with Gasteiger partial charge in [0.1, 0.15) is 0 Å². The molecule has 0 aromatic carbocycles. The SMILES string of the molecule is CCNC1CCC(C)(Cc2ccc(CC)cn2)C1. The Balaban J connectivity index is 1.95. The molecule has 0 spiro atoms. The van der Waals surface area contributed by atoms with Crippen molar-refractivity contribution in [2.24, 2.45) is 5.41 Å². The van der Waals surface area contributed by atoms with Crippen LogP contribution in [0.1, 0.15) is 51.3 Å². The van der Waals surface area contributed by atoms with E-state index in [-0.39, 0.29) is 0 Å². The molecule has 2 nitrogen and oxygen atoms in total. The van der Waals surface area contributed by atoms with E-state index in [9.17, 15) is 0 Å². The zero-order valence-electron chi connectivity index (χ0n) is 12.0. The molecule has 1 fully saturated rings. The van der Waals surface area contributed by atoms with Crippen LogP contribution in [0.5, 0.6) is 0 Å². The maximum atomic E-state index is 4.61. The van der Waals surface area contributed by atoms with Crippen LogP contribution in [0, 0.1) is 5.41 Å². The number of hydrogen-bond acceptors (Lipinski definition) is 2. The lowest BCUT2D eigenvalue weighted by Gasteiger charge is -2.24. The van der Waals surface area contributed by atoms with Gasteiger partial charge >= 0.3 is 0 Å². The molecule has 0 amide bonds. The highest BCUT2D eigenvalue weighted by Gasteiger charge is 2.34. The number of pyridine rings is 1. The lowest BCUT2D eigenvalue weighted by Crippen LogP contribution is -2.28. The molecule has 1 aliphatic rings. The average Bonchev–Trinajstić information content (AvgIpc) is 2.72. The highest BCUT2D eigenvalue weighted by Crippen LogP contribution is 2.40. The van der Waals surface area contributed by atoms with E-state index in [2.05, 4.69) is 43.2 Å². The number of aromatic nitrogens is 1. The molecule has 1 aromatic heterocycles. The largest absolute Gasteiger partial charge is 0.314 e. The molecule has 18 heavy (non-hydrogen) atoms. The Bertz CT molecular complexity index is 371. The number of hydrogen-bond donors (Lipinski definition) is 1. The summed E-state index contributed by atoms with van der Waals surface area (Å²) in [6, 6.07) is 5.16. The van der Waals surface area contributed by atoms with E-state index in [1.807, 2.05) is 6.20 Å². The first kappa shape index (κ1) is 13.5. The van der Waals surface area contributed by atoms with Gasteiger partial charge in [-0.05, 0) is 55.7 Å². The Morgan fingerprint density at radius 1 is 1.39 bits per heavy atom. The van der Waals surface area contributed by atoms with E-state index in [1.165, 1.54) is 30.5 Å². The summed E-state index contributed by atoms with van der Waals surface area (Å²) in [5.41, 5.74) is 3.03. The van der Waals surface area contributed by atoms with Gasteiger partial charge in [-0.25, -0.2) is 0 Å². The van der Waals surface area contributed by atoms with Crippen molar-refractivity contribution in [2.75, 3.05) is 6.54 Å². The van der Waals surface area contributed by atoms with Crippen LogP contribution < -0.4 is 5.32 Å². The summed E-state index contributed by atoms with van der Waals surface area (Å²) in [4.78, 5) is 4.61.